The minimum Gasteiger partial charge on any atom is -0.192 e. The standard InChI is InChI=1S/C15H9NS/c16-10-12-8-9-17-15(12)14-7-3-5-11-4-1-2-6-13(11)14/h1-9H. The molecule has 3 aromatic rings. The van der Waals surface area contributed by atoms with Crippen molar-refractivity contribution in [2.75, 3.05) is 0 Å². The van der Waals surface area contributed by atoms with E-state index in [-0.39, 0.29) is 0 Å². The van der Waals surface area contributed by atoms with Gasteiger partial charge in [0.05, 0.1) is 10.4 Å². The van der Waals surface area contributed by atoms with Gasteiger partial charge in [0.25, 0.3) is 0 Å². The van der Waals surface area contributed by atoms with E-state index in [4.69, 9.17) is 5.26 Å². The third-order valence-corrected chi connectivity index (χ3v) is 3.77. The summed E-state index contributed by atoms with van der Waals surface area (Å²) in [6, 6.07) is 18.6. The summed E-state index contributed by atoms with van der Waals surface area (Å²) in [7, 11) is 0. The Morgan fingerprint density at radius 1 is 0.941 bits per heavy atom. The summed E-state index contributed by atoms with van der Waals surface area (Å²) >= 11 is 1.62. The summed E-state index contributed by atoms with van der Waals surface area (Å²) in [5.41, 5.74) is 1.90. The number of hydrogen-bond donors (Lipinski definition) is 0. The van der Waals surface area contributed by atoms with Gasteiger partial charge in [0.2, 0.25) is 0 Å². The molecule has 0 spiro atoms. The molecule has 2 aromatic carbocycles. The fourth-order valence-corrected chi connectivity index (χ4v) is 2.92. The maximum absolute atomic E-state index is 9.10. The minimum absolute atomic E-state index is 0.756. The van der Waals surface area contributed by atoms with Crippen LogP contribution in [0.25, 0.3) is 21.2 Å². The molecule has 0 aliphatic rings. The molecule has 0 saturated heterocycles. The summed E-state index contributed by atoms with van der Waals surface area (Å²) in [4.78, 5) is 1.06. The zero-order valence-electron chi connectivity index (χ0n) is 9.05. The van der Waals surface area contributed by atoms with Crippen molar-refractivity contribution < 1.29 is 0 Å². The van der Waals surface area contributed by atoms with E-state index in [1.165, 1.54) is 10.8 Å². The minimum atomic E-state index is 0.756. The molecule has 0 atom stereocenters. The molecular formula is C15H9NS. The van der Waals surface area contributed by atoms with Gasteiger partial charge in [-0.1, -0.05) is 42.5 Å². The highest BCUT2D eigenvalue weighted by Gasteiger charge is 2.09. The Bertz CT molecular complexity index is 714. The fraction of sp³-hybridized carbons (Fsp3) is 0. The van der Waals surface area contributed by atoms with Crippen LogP contribution < -0.4 is 0 Å². The van der Waals surface area contributed by atoms with E-state index < -0.39 is 0 Å². The van der Waals surface area contributed by atoms with Gasteiger partial charge in [-0.25, -0.2) is 0 Å². The quantitative estimate of drug-likeness (QED) is 0.611. The van der Waals surface area contributed by atoms with Crippen molar-refractivity contribution in [1.29, 1.82) is 5.26 Å². The van der Waals surface area contributed by atoms with Crippen molar-refractivity contribution in [3.63, 3.8) is 0 Å². The summed E-state index contributed by atoms with van der Waals surface area (Å²) in [6.45, 7) is 0. The second-order valence-electron chi connectivity index (χ2n) is 3.80. The molecule has 3 rings (SSSR count). The van der Waals surface area contributed by atoms with Gasteiger partial charge in [-0.3, -0.25) is 0 Å². The molecule has 0 bridgehead atoms. The molecular weight excluding hydrogens is 226 g/mol. The number of hydrogen-bond acceptors (Lipinski definition) is 2. The number of nitriles is 1. The number of benzene rings is 2. The zero-order chi connectivity index (χ0) is 11.7. The lowest BCUT2D eigenvalue weighted by Gasteiger charge is -2.04. The summed E-state index contributed by atoms with van der Waals surface area (Å²) in [5.74, 6) is 0. The van der Waals surface area contributed by atoms with Gasteiger partial charge in [0, 0.05) is 5.56 Å². The largest absolute Gasteiger partial charge is 0.192 e. The Balaban J connectivity index is 2.35. The van der Waals surface area contributed by atoms with Crippen LogP contribution in [-0.4, -0.2) is 0 Å². The molecule has 0 amide bonds. The first-order chi connectivity index (χ1) is 8.40. The van der Waals surface area contributed by atoms with Crippen molar-refractivity contribution in [2.45, 2.75) is 0 Å². The van der Waals surface area contributed by atoms with Gasteiger partial charge in [-0.2, -0.15) is 5.26 Å². The van der Waals surface area contributed by atoms with E-state index in [0.717, 1.165) is 16.0 Å². The molecule has 0 fully saturated rings. The van der Waals surface area contributed by atoms with E-state index in [2.05, 4.69) is 30.3 Å². The van der Waals surface area contributed by atoms with Crippen molar-refractivity contribution in [1.82, 2.24) is 0 Å². The molecule has 0 aliphatic carbocycles. The summed E-state index contributed by atoms with van der Waals surface area (Å²) in [5, 5.41) is 13.5. The Morgan fingerprint density at radius 3 is 2.65 bits per heavy atom. The van der Waals surface area contributed by atoms with Crippen LogP contribution in [0.5, 0.6) is 0 Å². The van der Waals surface area contributed by atoms with E-state index in [9.17, 15) is 0 Å². The van der Waals surface area contributed by atoms with Crippen molar-refractivity contribution in [3.05, 3.63) is 59.5 Å². The van der Waals surface area contributed by atoms with Crippen molar-refractivity contribution in [2.24, 2.45) is 0 Å². The lowest BCUT2D eigenvalue weighted by molar-refractivity contribution is 1.51. The van der Waals surface area contributed by atoms with Crippen LogP contribution in [0.1, 0.15) is 5.56 Å². The topological polar surface area (TPSA) is 23.8 Å². The SMILES string of the molecule is N#Cc1ccsc1-c1cccc2ccccc12. The smallest absolute Gasteiger partial charge is 0.101 e. The van der Waals surface area contributed by atoms with E-state index in [1.54, 1.807) is 11.3 Å². The van der Waals surface area contributed by atoms with Gasteiger partial charge in [0.1, 0.15) is 6.07 Å². The van der Waals surface area contributed by atoms with E-state index in [1.807, 2.05) is 29.6 Å². The molecule has 0 aliphatic heterocycles. The molecule has 1 aromatic heterocycles. The molecule has 0 N–H and O–H groups in total. The monoisotopic (exact) mass is 235 g/mol. The highest BCUT2D eigenvalue weighted by Crippen LogP contribution is 2.34. The predicted octanol–water partition coefficient (Wildman–Crippen LogP) is 4.44. The Hall–Kier alpha value is -2.11. The van der Waals surface area contributed by atoms with Crippen LogP contribution in [-0.2, 0) is 0 Å². The Labute approximate surface area is 104 Å². The van der Waals surface area contributed by atoms with Gasteiger partial charge in [-0.05, 0) is 22.2 Å². The molecule has 1 nitrogen and oxygen atoms in total. The summed E-state index contributed by atoms with van der Waals surface area (Å²) in [6.07, 6.45) is 0. The molecule has 1 heterocycles. The maximum atomic E-state index is 9.10. The van der Waals surface area contributed by atoms with Gasteiger partial charge >= 0.3 is 0 Å². The summed E-state index contributed by atoms with van der Waals surface area (Å²) < 4.78 is 0. The van der Waals surface area contributed by atoms with Crippen LogP contribution in [0.3, 0.4) is 0 Å². The lowest BCUT2D eigenvalue weighted by Crippen LogP contribution is -1.80. The molecule has 17 heavy (non-hydrogen) atoms. The normalized spacial score (nSPS) is 10.3. The lowest BCUT2D eigenvalue weighted by atomic mass is 10.0. The Kier molecular flexibility index (Phi) is 2.40. The maximum Gasteiger partial charge on any atom is 0.101 e. The second kappa shape index (κ2) is 4.04. The number of thiophene rings is 1. The Morgan fingerprint density at radius 2 is 1.76 bits per heavy atom. The van der Waals surface area contributed by atoms with E-state index in [0.29, 0.717) is 0 Å². The highest BCUT2D eigenvalue weighted by atomic mass is 32.1. The van der Waals surface area contributed by atoms with Crippen molar-refractivity contribution >= 4 is 22.1 Å². The van der Waals surface area contributed by atoms with Crippen LogP contribution in [0, 0.1) is 11.3 Å². The second-order valence-corrected chi connectivity index (χ2v) is 4.72. The van der Waals surface area contributed by atoms with Crippen LogP contribution in [0.2, 0.25) is 0 Å². The average molecular weight is 235 g/mol. The first-order valence-electron chi connectivity index (χ1n) is 5.36. The van der Waals surface area contributed by atoms with Gasteiger partial charge in [-0.15, -0.1) is 11.3 Å². The average Bonchev–Trinajstić information content (AvgIpc) is 2.86. The van der Waals surface area contributed by atoms with Crippen LogP contribution >= 0.6 is 11.3 Å². The molecule has 2 heteroatoms. The number of nitrogens with zero attached hydrogens (tertiary/aromatic N) is 1. The molecule has 0 unspecified atom stereocenters. The van der Waals surface area contributed by atoms with Crippen LogP contribution in [0.4, 0.5) is 0 Å². The molecule has 80 valence electrons. The molecule has 0 saturated carbocycles. The number of fused-ring (bicyclic) bond motifs is 1. The first-order valence-corrected chi connectivity index (χ1v) is 6.24. The highest BCUT2D eigenvalue weighted by molar-refractivity contribution is 7.14. The van der Waals surface area contributed by atoms with Gasteiger partial charge < -0.3 is 0 Å². The molecule has 0 radical (unpaired) electrons. The predicted molar refractivity (Wildman–Crippen MR) is 72.0 cm³/mol. The van der Waals surface area contributed by atoms with E-state index >= 15 is 0 Å². The van der Waals surface area contributed by atoms with Crippen molar-refractivity contribution in [3.8, 4) is 16.5 Å². The fourth-order valence-electron chi connectivity index (χ4n) is 2.03. The third kappa shape index (κ3) is 1.61. The van der Waals surface area contributed by atoms with Gasteiger partial charge in [0.15, 0.2) is 0 Å². The third-order valence-electron chi connectivity index (χ3n) is 2.82. The first kappa shape index (κ1) is 10.1. The zero-order valence-corrected chi connectivity index (χ0v) is 9.87. The van der Waals surface area contributed by atoms with Crippen LogP contribution in [0.15, 0.2) is 53.9 Å². The number of rotatable bonds is 1.